The standard InChI is InChI=1S/C19H13BrFN2S.BrH/c20-15-9-14(19-22-17-7-3-4-8-18(17)24-19)11-23(12-15)10-13-5-1-2-6-16(13)21;/h1-9,11-12H,10H2;1H/q+1;/p-1. The molecule has 0 spiro atoms. The van der Waals surface area contributed by atoms with Gasteiger partial charge >= 0.3 is 0 Å². The largest absolute Gasteiger partial charge is 1.00 e. The van der Waals surface area contributed by atoms with Crippen LogP contribution < -0.4 is 21.5 Å². The van der Waals surface area contributed by atoms with E-state index in [2.05, 4.69) is 22.0 Å². The van der Waals surface area contributed by atoms with Gasteiger partial charge in [-0.05, 0) is 46.3 Å². The topological polar surface area (TPSA) is 16.8 Å². The molecule has 0 radical (unpaired) electrons. The molecule has 0 fully saturated rings. The van der Waals surface area contributed by atoms with Gasteiger partial charge in [0.2, 0.25) is 0 Å². The van der Waals surface area contributed by atoms with Crippen LogP contribution in [0.2, 0.25) is 0 Å². The second kappa shape index (κ2) is 7.72. The minimum absolute atomic E-state index is 0. The lowest BCUT2D eigenvalue weighted by molar-refractivity contribution is -0.688. The van der Waals surface area contributed by atoms with Crippen molar-refractivity contribution >= 4 is 37.5 Å². The van der Waals surface area contributed by atoms with Crippen LogP contribution in [-0.4, -0.2) is 4.98 Å². The minimum atomic E-state index is -0.188. The van der Waals surface area contributed by atoms with Gasteiger partial charge in [-0.1, -0.05) is 24.3 Å². The smallest absolute Gasteiger partial charge is 0.183 e. The Morgan fingerprint density at radius 1 is 1.04 bits per heavy atom. The Labute approximate surface area is 167 Å². The molecule has 6 heteroatoms. The maximum atomic E-state index is 13.9. The first-order chi connectivity index (χ1) is 11.7. The van der Waals surface area contributed by atoms with E-state index < -0.39 is 0 Å². The molecule has 4 rings (SSSR count). The third-order valence-corrected chi connectivity index (χ3v) is 5.26. The molecule has 0 saturated heterocycles. The average Bonchev–Trinajstić information content (AvgIpc) is 3.01. The molecular formula is C19H13Br2FN2S. The normalized spacial score (nSPS) is 10.6. The fourth-order valence-electron chi connectivity index (χ4n) is 2.62. The number of rotatable bonds is 3. The van der Waals surface area contributed by atoms with Gasteiger partial charge < -0.3 is 17.0 Å². The van der Waals surface area contributed by atoms with Gasteiger partial charge in [0.1, 0.15) is 10.8 Å². The van der Waals surface area contributed by atoms with Gasteiger partial charge in [0, 0.05) is 0 Å². The quantitative estimate of drug-likeness (QED) is 0.412. The van der Waals surface area contributed by atoms with Crippen molar-refractivity contribution in [2.45, 2.75) is 6.54 Å². The second-order valence-corrected chi connectivity index (χ2v) is 7.44. The maximum absolute atomic E-state index is 13.9. The summed E-state index contributed by atoms with van der Waals surface area (Å²) in [4.78, 5) is 4.70. The number of para-hydroxylation sites is 1. The monoisotopic (exact) mass is 478 g/mol. The Morgan fingerprint density at radius 2 is 1.80 bits per heavy atom. The van der Waals surface area contributed by atoms with Crippen LogP contribution in [0.4, 0.5) is 4.39 Å². The van der Waals surface area contributed by atoms with Crippen LogP contribution in [0.15, 0.2) is 71.5 Å². The second-order valence-electron chi connectivity index (χ2n) is 5.49. The Kier molecular flexibility index (Phi) is 5.61. The van der Waals surface area contributed by atoms with Crippen LogP contribution in [0.3, 0.4) is 0 Å². The molecule has 0 aliphatic carbocycles. The zero-order valence-electron chi connectivity index (χ0n) is 13.0. The van der Waals surface area contributed by atoms with E-state index in [0.29, 0.717) is 12.1 Å². The number of nitrogens with zero attached hydrogens (tertiary/aromatic N) is 2. The van der Waals surface area contributed by atoms with Crippen molar-refractivity contribution in [1.82, 2.24) is 4.98 Å². The fraction of sp³-hybridized carbons (Fsp3) is 0.0526. The van der Waals surface area contributed by atoms with Crippen LogP contribution in [0.5, 0.6) is 0 Å². The highest BCUT2D eigenvalue weighted by atomic mass is 79.9. The SMILES string of the molecule is Fc1ccccc1C[n+]1cc(Br)cc(-c2nc3ccccc3s2)c1.[Br-]. The molecule has 126 valence electrons. The Hall–Kier alpha value is -1.63. The number of hydrogen-bond donors (Lipinski definition) is 0. The first-order valence-corrected chi connectivity index (χ1v) is 9.09. The van der Waals surface area contributed by atoms with E-state index in [0.717, 1.165) is 25.3 Å². The predicted octanol–water partition coefficient (Wildman–Crippen LogP) is 2.20. The van der Waals surface area contributed by atoms with Crippen molar-refractivity contribution in [3.8, 4) is 10.6 Å². The van der Waals surface area contributed by atoms with Crippen LogP contribution in [0.25, 0.3) is 20.8 Å². The van der Waals surface area contributed by atoms with Crippen LogP contribution in [0, 0.1) is 5.82 Å². The Morgan fingerprint density at radius 3 is 2.60 bits per heavy atom. The van der Waals surface area contributed by atoms with E-state index in [1.54, 1.807) is 23.5 Å². The third kappa shape index (κ3) is 3.97. The van der Waals surface area contributed by atoms with Crippen LogP contribution in [-0.2, 0) is 6.54 Å². The molecular weight excluding hydrogens is 467 g/mol. The molecule has 0 saturated carbocycles. The highest BCUT2D eigenvalue weighted by molar-refractivity contribution is 9.10. The summed E-state index contributed by atoms with van der Waals surface area (Å²) < 4.78 is 18.0. The summed E-state index contributed by atoms with van der Waals surface area (Å²) in [5.41, 5.74) is 2.68. The molecule has 0 aliphatic heterocycles. The average molecular weight is 480 g/mol. The number of hydrogen-bond acceptors (Lipinski definition) is 2. The van der Waals surface area contributed by atoms with Gasteiger partial charge in [-0.25, -0.2) is 9.37 Å². The molecule has 0 unspecified atom stereocenters. The molecule has 0 aliphatic rings. The molecule has 2 aromatic carbocycles. The van der Waals surface area contributed by atoms with Gasteiger partial charge in [0.15, 0.2) is 18.9 Å². The molecule has 25 heavy (non-hydrogen) atoms. The summed E-state index contributed by atoms with van der Waals surface area (Å²) in [7, 11) is 0. The van der Waals surface area contributed by atoms with E-state index in [4.69, 9.17) is 4.98 Å². The van der Waals surface area contributed by atoms with Crippen molar-refractivity contribution in [3.05, 3.63) is 82.8 Å². The number of halogens is 3. The van der Waals surface area contributed by atoms with E-state index in [1.807, 2.05) is 47.3 Å². The van der Waals surface area contributed by atoms with Crippen molar-refractivity contribution < 1.29 is 25.9 Å². The molecule has 0 atom stereocenters. The fourth-order valence-corrected chi connectivity index (χ4v) is 4.08. The van der Waals surface area contributed by atoms with Crippen molar-refractivity contribution in [2.24, 2.45) is 0 Å². The van der Waals surface area contributed by atoms with Crippen LogP contribution in [0.1, 0.15) is 5.56 Å². The van der Waals surface area contributed by atoms with Gasteiger partial charge in [-0.3, -0.25) is 0 Å². The summed E-state index contributed by atoms with van der Waals surface area (Å²) >= 11 is 5.21. The van der Waals surface area contributed by atoms with Gasteiger partial charge in [0.25, 0.3) is 0 Å². The molecule has 2 heterocycles. The number of fused-ring (bicyclic) bond motifs is 1. The first kappa shape index (κ1) is 18.2. The lowest BCUT2D eigenvalue weighted by Gasteiger charge is -2.02. The minimum Gasteiger partial charge on any atom is -1.00 e. The summed E-state index contributed by atoms with van der Waals surface area (Å²) in [5, 5.41) is 0.958. The zero-order chi connectivity index (χ0) is 16.5. The summed E-state index contributed by atoms with van der Waals surface area (Å²) in [6.45, 7) is 0.476. The lowest BCUT2D eigenvalue weighted by atomic mass is 10.2. The maximum Gasteiger partial charge on any atom is 0.183 e. The summed E-state index contributed by atoms with van der Waals surface area (Å²) in [5.74, 6) is -0.188. The van der Waals surface area contributed by atoms with Crippen molar-refractivity contribution in [1.29, 1.82) is 0 Å². The molecule has 0 amide bonds. The first-order valence-electron chi connectivity index (χ1n) is 7.48. The Balaban J connectivity index is 0.00000182. The molecule has 0 N–H and O–H groups in total. The number of aromatic nitrogens is 2. The summed E-state index contributed by atoms with van der Waals surface area (Å²) in [6, 6.07) is 17.0. The third-order valence-electron chi connectivity index (χ3n) is 3.74. The highest BCUT2D eigenvalue weighted by Crippen LogP contribution is 2.30. The van der Waals surface area contributed by atoms with Crippen molar-refractivity contribution in [2.75, 3.05) is 0 Å². The van der Waals surface area contributed by atoms with Gasteiger partial charge in [-0.2, -0.15) is 4.57 Å². The highest BCUT2D eigenvalue weighted by Gasteiger charge is 2.14. The zero-order valence-corrected chi connectivity index (χ0v) is 17.0. The van der Waals surface area contributed by atoms with E-state index in [-0.39, 0.29) is 22.8 Å². The molecule has 2 nitrogen and oxygen atoms in total. The van der Waals surface area contributed by atoms with Crippen LogP contribution >= 0.6 is 27.3 Å². The van der Waals surface area contributed by atoms with Gasteiger partial charge in [0.05, 0.1) is 25.8 Å². The number of thiazole rings is 1. The molecule has 0 bridgehead atoms. The van der Waals surface area contributed by atoms with E-state index >= 15 is 0 Å². The predicted molar refractivity (Wildman–Crippen MR) is 98.5 cm³/mol. The number of pyridine rings is 1. The molecule has 4 aromatic rings. The summed E-state index contributed by atoms with van der Waals surface area (Å²) in [6.07, 6.45) is 3.96. The number of benzene rings is 2. The van der Waals surface area contributed by atoms with Gasteiger partial charge in [-0.15, -0.1) is 11.3 Å². The molecule has 2 aromatic heterocycles. The van der Waals surface area contributed by atoms with Crippen molar-refractivity contribution in [3.63, 3.8) is 0 Å². The Bertz CT molecular complexity index is 1000. The van der Waals surface area contributed by atoms with E-state index in [1.165, 1.54) is 6.07 Å². The van der Waals surface area contributed by atoms with E-state index in [9.17, 15) is 4.39 Å². The lowest BCUT2D eigenvalue weighted by Crippen LogP contribution is -3.00.